The van der Waals surface area contributed by atoms with Crippen LogP contribution in [0.1, 0.15) is 38.9 Å². The van der Waals surface area contributed by atoms with E-state index in [9.17, 15) is 10.2 Å². The smallest absolute Gasteiger partial charge is 0.0687 e. The van der Waals surface area contributed by atoms with Gasteiger partial charge in [0.1, 0.15) is 0 Å². The van der Waals surface area contributed by atoms with Gasteiger partial charge in [-0.25, -0.2) is 0 Å². The highest BCUT2D eigenvalue weighted by Gasteiger charge is 2.05. The van der Waals surface area contributed by atoms with Gasteiger partial charge in [-0.2, -0.15) is 0 Å². The number of aryl methyl sites for hydroxylation is 3. The van der Waals surface area contributed by atoms with Crippen molar-refractivity contribution in [3.63, 3.8) is 0 Å². The molecule has 0 aromatic heterocycles. The summed E-state index contributed by atoms with van der Waals surface area (Å²) in [6, 6.07) is 10.3. The molecule has 0 unspecified atom stereocenters. The fourth-order valence-corrected chi connectivity index (χ4v) is 2.44. The van der Waals surface area contributed by atoms with Crippen molar-refractivity contribution in [2.24, 2.45) is 0 Å². The summed E-state index contributed by atoms with van der Waals surface area (Å²) in [4.78, 5) is 0. The van der Waals surface area contributed by atoms with Gasteiger partial charge in [0.2, 0.25) is 0 Å². The lowest BCUT2D eigenvalue weighted by molar-refractivity contribution is 0.259. The van der Waals surface area contributed by atoms with Crippen LogP contribution in [-0.4, -0.2) is 10.2 Å². The zero-order valence-corrected chi connectivity index (χ0v) is 12.9. The molecule has 0 atom stereocenters. The summed E-state index contributed by atoms with van der Waals surface area (Å²) >= 11 is 0. The van der Waals surface area contributed by atoms with Crippen LogP contribution in [0.15, 0.2) is 30.3 Å². The van der Waals surface area contributed by atoms with Gasteiger partial charge in [0, 0.05) is 0 Å². The van der Waals surface area contributed by atoms with E-state index in [-0.39, 0.29) is 13.2 Å². The standard InChI is InChI=1S/C19H22O2/c1-13-4-5-16(8-14(13)2)6-7-17-9-15(3)19(12-21)18(10-17)11-20/h4-10,20-21H,11-12H2,1-3H3/b7-6-. The van der Waals surface area contributed by atoms with Gasteiger partial charge in [-0.15, -0.1) is 0 Å². The van der Waals surface area contributed by atoms with Crippen LogP contribution < -0.4 is 0 Å². The van der Waals surface area contributed by atoms with Crippen molar-refractivity contribution in [3.05, 3.63) is 69.3 Å². The number of hydrogen-bond donors (Lipinski definition) is 2. The largest absolute Gasteiger partial charge is 0.392 e. The van der Waals surface area contributed by atoms with E-state index in [1.54, 1.807) is 0 Å². The van der Waals surface area contributed by atoms with E-state index in [2.05, 4.69) is 38.1 Å². The van der Waals surface area contributed by atoms with Gasteiger partial charge in [-0.3, -0.25) is 0 Å². The maximum absolute atomic E-state index is 9.42. The minimum atomic E-state index is -0.0535. The molecule has 0 fully saturated rings. The molecule has 2 rings (SSSR count). The van der Waals surface area contributed by atoms with Crippen molar-refractivity contribution < 1.29 is 10.2 Å². The third kappa shape index (κ3) is 3.60. The molecular weight excluding hydrogens is 260 g/mol. The number of hydrogen-bond acceptors (Lipinski definition) is 2. The first-order chi connectivity index (χ1) is 10.0. The second-order valence-electron chi connectivity index (χ2n) is 5.47. The SMILES string of the molecule is Cc1ccc(/C=C\c2cc(C)c(CO)c(CO)c2)cc1C. The first kappa shape index (κ1) is 15.5. The molecule has 0 amide bonds. The third-order valence-corrected chi connectivity index (χ3v) is 3.92. The quantitative estimate of drug-likeness (QED) is 0.838. The topological polar surface area (TPSA) is 40.5 Å². The minimum absolute atomic E-state index is 0.0388. The lowest BCUT2D eigenvalue weighted by atomic mass is 9.98. The Morgan fingerprint density at radius 2 is 1.43 bits per heavy atom. The Bertz CT molecular complexity index is 670. The molecule has 0 aliphatic heterocycles. The molecule has 2 nitrogen and oxygen atoms in total. The van der Waals surface area contributed by atoms with E-state index in [4.69, 9.17) is 0 Å². The van der Waals surface area contributed by atoms with Crippen molar-refractivity contribution >= 4 is 12.2 Å². The summed E-state index contributed by atoms with van der Waals surface area (Å²) in [7, 11) is 0. The van der Waals surface area contributed by atoms with Crippen LogP contribution in [0.25, 0.3) is 12.2 Å². The van der Waals surface area contributed by atoms with E-state index >= 15 is 0 Å². The summed E-state index contributed by atoms with van der Waals surface area (Å²) in [6.07, 6.45) is 4.11. The van der Waals surface area contributed by atoms with Gasteiger partial charge in [0.15, 0.2) is 0 Å². The van der Waals surface area contributed by atoms with Crippen molar-refractivity contribution in [1.82, 2.24) is 0 Å². The Hall–Kier alpha value is -1.90. The molecule has 2 heteroatoms. The van der Waals surface area contributed by atoms with E-state index in [1.165, 1.54) is 11.1 Å². The maximum Gasteiger partial charge on any atom is 0.0687 e. The lowest BCUT2D eigenvalue weighted by Crippen LogP contribution is -1.98. The third-order valence-electron chi connectivity index (χ3n) is 3.92. The summed E-state index contributed by atoms with van der Waals surface area (Å²) in [5.74, 6) is 0. The molecule has 2 aromatic rings. The van der Waals surface area contributed by atoms with Crippen LogP contribution in [0.3, 0.4) is 0 Å². The molecule has 0 saturated carbocycles. The highest BCUT2D eigenvalue weighted by molar-refractivity contribution is 5.71. The zero-order chi connectivity index (χ0) is 15.4. The maximum atomic E-state index is 9.42. The van der Waals surface area contributed by atoms with Crippen LogP contribution >= 0.6 is 0 Å². The van der Waals surface area contributed by atoms with Gasteiger partial charge in [-0.1, -0.05) is 36.4 Å². The van der Waals surface area contributed by atoms with Crippen LogP contribution in [0.2, 0.25) is 0 Å². The summed E-state index contributed by atoms with van der Waals surface area (Å²) < 4.78 is 0. The molecule has 0 radical (unpaired) electrons. The van der Waals surface area contributed by atoms with Crippen molar-refractivity contribution in [1.29, 1.82) is 0 Å². The Kier molecular flexibility index (Phi) is 4.94. The summed E-state index contributed by atoms with van der Waals surface area (Å²) in [5.41, 5.74) is 7.37. The average molecular weight is 282 g/mol. The first-order valence-corrected chi connectivity index (χ1v) is 7.14. The van der Waals surface area contributed by atoms with E-state index < -0.39 is 0 Å². The van der Waals surface area contributed by atoms with Crippen LogP contribution in [-0.2, 0) is 13.2 Å². The number of aliphatic hydroxyl groups is 2. The van der Waals surface area contributed by atoms with Gasteiger partial charge < -0.3 is 10.2 Å². The van der Waals surface area contributed by atoms with Gasteiger partial charge in [0.25, 0.3) is 0 Å². The highest BCUT2D eigenvalue weighted by Crippen LogP contribution is 2.20. The number of rotatable bonds is 4. The molecule has 21 heavy (non-hydrogen) atoms. The van der Waals surface area contributed by atoms with E-state index in [0.29, 0.717) is 0 Å². The molecule has 0 aliphatic carbocycles. The number of aliphatic hydroxyl groups excluding tert-OH is 2. The Labute approximate surface area is 126 Å². The van der Waals surface area contributed by atoms with Crippen LogP contribution in [0.5, 0.6) is 0 Å². The Morgan fingerprint density at radius 3 is 2.05 bits per heavy atom. The highest BCUT2D eigenvalue weighted by atomic mass is 16.3. The molecular formula is C19H22O2. The van der Waals surface area contributed by atoms with E-state index in [0.717, 1.165) is 27.8 Å². The molecule has 0 heterocycles. The lowest BCUT2D eigenvalue weighted by Gasteiger charge is -2.10. The molecule has 0 saturated heterocycles. The van der Waals surface area contributed by atoms with Gasteiger partial charge in [0.05, 0.1) is 13.2 Å². The summed E-state index contributed by atoms with van der Waals surface area (Å²) in [5, 5.41) is 18.8. The Morgan fingerprint density at radius 1 is 0.762 bits per heavy atom. The van der Waals surface area contributed by atoms with Gasteiger partial charge in [-0.05, 0) is 65.8 Å². The normalized spacial score (nSPS) is 11.3. The van der Waals surface area contributed by atoms with Crippen LogP contribution in [0.4, 0.5) is 0 Å². The second-order valence-corrected chi connectivity index (χ2v) is 5.47. The van der Waals surface area contributed by atoms with Crippen LogP contribution in [0, 0.1) is 20.8 Å². The van der Waals surface area contributed by atoms with Gasteiger partial charge >= 0.3 is 0 Å². The molecule has 2 N–H and O–H groups in total. The monoisotopic (exact) mass is 282 g/mol. The van der Waals surface area contributed by atoms with Crippen molar-refractivity contribution in [2.45, 2.75) is 34.0 Å². The first-order valence-electron chi connectivity index (χ1n) is 7.14. The number of benzene rings is 2. The fraction of sp³-hybridized carbons (Fsp3) is 0.263. The molecule has 0 aliphatic rings. The molecule has 110 valence electrons. The predicted octanol–water partition coefficient (Wildman–Crippen LogP) is 3.77. The average Bonchev–Trinajstić information content (AvgIpc) is 2.47. The molecule has 2 aromatic carbocycles. The van der Waals surface area contributed by atoms with Crippen molar-refractivity contribution in [2.75, 3.05) is 0 Å². The van der Waals surface area contributed by atoms with Crippen molar-refractivity contribution in [3.8, 4) is 0 Å². The fourth-order valence-electron chi connectivity index (χ4n) is 2.44. The zero-order valence-electron chi connectivity index (χ0n) is 12.9. The van der Waals surface area contributed by atoms with E-state index in [1.807, 2.05) is 25.1 Å². The summed E-state index contributed by atoms with van der Waals surface area (Å²) in [6.45, 7) is 6.08. The molecule has 0 spiro atoms. The second kappa shape index (κ2) is 6.70. The Balaban J connectivity index is 2.32. The molecule has 0 bridgehead atoms. The predicted molar refractivity (Wildman–Crippen MR) is 87.9 cm³/mol. The minimum Gasteiger partial charge on any atom is -0.392 e.